The second kappa shape index (κ2) is 9.37. The van der Waals surface area contributed by atoms with Gasteiger partial charge in [-0.1, -0.05) is 28.9 Å². The van der Waals surface area contributed by atoms with Crippen LogP contribution in [0.4, 0.5) is 0 Å². The SMILES string of the molecule is CCc1cc(C)cc(OCC(=O)N/N=C/c2cccn2-c2ccc(Br)cc2)c1. The van der Waals surface area contributed by atoms with Crippen LogP contribution in [0.2, 0.25) is 0 Å². The van der Waals surface area contributed by atoms with E-state index in [-0.39, 0.29) is 12.5 Å². The molecule has 0 aliphatic rings. The number of nitrogens with zero attached hydrogens (tertiary/aromatic N) is 2. The van der Waals surface area contributed by atoms with Gasteiger partial charge < -0.3 is 9.30 Å². The summed E-state index contributed by atoms with van der Waals surface area (Å²) in [6, 6.07) is 17.8. The topological polar surface area (TPSA) is 55.6 Å². The van der Waals surface area contributed by atoms with Gasteiger partial charge in [0.2, 0.25) is 0 Å². The summed E-state index contributed by atoms with van der Waals surface area (Å²) in [6.07, 6.45) is 4.48. The average Bonchev–Trinajstić information content (AvgIpc) is 3.15. The Kier molecular flexibility index (Phi) is 6.66. The highest BCUT2D eigenvalue weighted by atomic mass is 79.9. The molecule has 0 atom stereocenters. The fourth-order valence-corrected chi connectivity index (χ4v) is 3.06. The molecule has 0 fully saturated rings. The quantitative estimate of drug-likeness (QED) is 0.430. The smallest absolute Gasteiger partial charge is 0.277 e. The maximum atomic E-state index is 12.0. The van der Waals surface area contributed by atoms with Crippen LogP contribution in [0.15, 0.2) is 70.4 Å². The van der Waals surface area contributed by atoms with E-state index in [1.165, 1.54) is 5.56 Å². The first kappa shape index (κ1) is 19.9. The Morgan fingerprint density at radius 1 is 1.21 bits per heavy atom. The molecule has 3 rings (SSSR count). The molecule has 28 heavy (non-hydrogen) atoms. The van der Waals surface area contributed by atoms with Crippen molar-refractivity contribution in [2.75, 3.05) is 6.61 Å². The summed E-state index contributed by atoms with van der Waals surface area (Å²) in [5, 5.41) is 4.05. The molecule has 1 aromatic heterocycles. The number of nitrogens with one attached hydrogen (secondary N) is 1. The van der Waals surface area contributed by atoms with Crippen molar-refractivity contribution in [3.8, 4) is 11.4 Å². The Bertz CT molecular complexity index is 978. The molecule has 3 aromatic rings. The highest BCUT2D eigenvalue weighted by Gasteiger charge is 2.04. The third-order valence-electron chi connectivity index (χ3n) is 4.16. The molecule has 1 N–H and O–H groups in total. The summed E-state index contributed by atoms with van der Waals surface area (Å²) in [4.78, 5) is 12.0. The van der Waals surface area contributed by atoms with Crippen LogP contribution in [0.5, 0.6) is 5.75 Å². The number of amides is 1. The lowest BCUT2D eigenvalue weighted by Crippen LogP contribution is -2.24. The predicted molar refractivity (Wildman–Crippen MR) is 115 cm³/mol. The number of hydrogen-bond acceptors (Lipinski definition) is 3. The van der Waals surface area contributed by atoms with Gasteiger partial charge in [-0.2, -0.15) is 5.10 Å². The van der Waals surface area contributed by atoms with E-state index in [1.807, 2.05) is 66.2 Å². The van der Waals surface area contributed by atoms with Gasteiger partial charge in [-0.3, -0.25) is 4.79 Å². The number of carbonyl (C=O) groups excluding carboxylic acids is 1. The lowest BCUT2D eigenvalue weighted by atomic mass is 10.1. The van der Waals surface area contributed by atoms with Crippen LogP contribution in [0.3, 0.4) is 0 Å². The third-order valence-corrected chi connectivity index (χ3v) is 4.69. The Labute approximate surface area is 173 Å². The van der Waals surface area contributed by atoms with Crippen molar-refractivity contribution in [1.82, 2.24) is 9.99 Å². The normalized spacial score (nSPS) is 11.0. The zero-order chi connectivity index (χ0) is 19.9. The van der Waals surface area contributed by atoms with Crippen molar-refractivity contribution in [3.05, 3.63) is 82.1 Å². The highest BCUT2D eigenvalue weighted by Crippen LogP contribution is 2.17. The summed E-state index contributed by atoms with van der Waals surface area (Å²) in [5.74, 6) is 0.387. The minimum Gasteiger partial charge on any atom is -0.484 e. The minimum atomic E-state index is -0.308. The van der Waals surface area contributed by atoms with Gasteiger partial charge in [-0.25, -0.2) is 5.43 Å². The lowest BCUT2D eigenvalue weighted by molar-refractivity contribution is -0.123. The van der Waals surface area contributed by atoms with Gasteiger partial charge in [0, 0.05) is 16.4 Å². The molecule has 1 heterocycles. The first-order chi connectivity index (χ1) is 13.5. The molecule has 0 spiro atoms. The van der Waals surface area contributed by atoms with Crippen LogP contribution >= 0.6 is 15.9 Å². The van der Waals surface area contributed by atoms with Crippen LogP contribution in [0, 0.1) is 6.92 Å². The van der Waals surface area contributed by atoms with Gasteiger partial charge in [0.15, 0.2) is 6.61 Å². The molecule has 0 saturated heterocycles. The van der Waals surface area contributed by atoms with Crippen LogP contribution in [-0.4, -0.2) is 23.3 Å². The zero-order valence-electron chi connectivity index (χ0n) is 15.9. The van der Waals surface area contributed by atoms with Gasteiger partial charge in [0.1, 0.15) is 5.75 Å². The Balaban J connectivity index is 1.57. The van der Waals surface area contributed by atoms with Crippen molar-refractivity contribution < 1.29 is 9.53 Å². The van der Waals surface area contributed by atoms with Gasteiger partial charge in [-0.15, -0.1) is 0 Å². The second-order valence-corrected chi connectivity index (χ2v) is 7.28. The fraction of sp³-hybridized carbons (Fsp3) is 0.182. The van der Waals surface area contributed by atoms with Gasteiger partial charge in [-0.05, 0) is 73.0 Å². The minimum absolute atomic E-state index is 0.0856. The molecular weight excluding hydrogens is 418 g/mol. The fourth-order valence-electron chi connectivity index (χ4n) is 2.80. The number of hydrazone groups is 1. The summed E-state index contributed by atoms with van der Waals surface area (Å²) in [6.45, 7) is 4.01. The summed E-state index contributed by atoms with van der Waals surface area (Å²) in [7, 11) is 0. The number of aromatic nitrogens is 1. The summed E-state index contributed by atoms with van der Waals surface area (Å²) < 4.78 is 8.59. The van der Waals surface area contributed by atoms with Gasteiger partial charge in [0.25, 0.3) is 5.91 Å². The van der Waals surface area contributed by atoms with E-state index in [0.29, 0.717) is 5.75 Å². The molecule has 0 unspecified atom stereocenters. The molecule has 0 saturated carbocycles. The molecule has 6 heteroatoms. The number of rotatable bonds is 7. The largest absolute Gasteiger partial charge is 0.484 e. The first-order valence-electron chi connectivity index (χ1n) is 9.03. The molecule has 5 nitrogen and oxygen atoms in total. The number of benzene rings is 2. The number of hydrogen-bond donors (Lipinski definition) is 1. The Morgan fingerprint density at radius 3 is 2.75 bits per heavy atom. The van der Waals surface area contributed by atoms with Crippen molar-refractivity contribution in [2.24, 2.45) is 5.10 Å². The van der Waals surface area contributed by atoms with Crippen LogP contribution in [0.1, 0.15) is 23.7 Å². The molecule has 1 amide bonds. The number of ether oxygens (including phenoxy) is 1. The highest BCUT2D eigenvalue weighted by molar-refractivity contribution is 9.10. The van der Waals surface area contributed by atoms with Crippen LogP contribution in [0.25, 0.3) is 5.69 Å². The Morgan fingerprint density at radius 2 is 2.00 bits per heavy atom. The molecule has 0 radical (unpaired) electrons. The van der Waals surface area contributed by atoms with E-state index >= 15 is 0 Å². The van der Waals surface area contributed by atoms with Crippen LogP contribution in [-0.2, 0) is 11.2 Å². The van der Waals surface area contributed by atoms with E-state index in [4.69, 9.17) is 4.74 Å². The molecule has 0 bridgehead atoms. The van der Waals surface area contributed by atoms with E-state index in [2.05, 4.69) is 39.4 Å². The van der Waals surface area contributed by atoms with Crippen molar-refractivity contribution in [2.45, 2.75) is 20.3 Å². The maximum absolute atomic E-state index is 12.0. The Hall–Kier alpha value is -2.86. The number of carbonyl (C=O) groups is 1. The monoisotopic (exact) mass is 439 g/mol. The van der Waals surface area contributed by atoms with Crippen LogP contribution < -0.4 is 10.2 Å². The molecule has 2 aromatic carbocycles. The van der Waals surface area contributed by atoms with Crippen molar-refractivity contribution >= 4 is 28.1 Å². The maximum Gasteiger partial charge on any atom is 0.277 e. The molecule has 0 aliphatic heterocycles. The lowest BCUT2D eigenvalue weighted by Gasteiger charge is -2.08. The first-order valence-corrected chi connectivity index (χ1v) is 9.83. The van der Waals surface area contributed by atoms with Crippen molar-refractivity contribution in [1.29, 1.82) is 0 Å². The second-order valence-electron chi connectivity index (χ2n) is 6.37. The summed E-state index contributed by atoms with van der Waals surface area (Å²) in [5.41, 5.74) is 6.67. The number of aryl methyl sites for hydroxylation is 2. The summed E-state index contributed by atoms with van der Waals surface area (Å²) >= 11 is 3.43. The standard InChI is InChI=1S/C22H22BrN3O2/c1-3-17-11-16(2)12-21(13-17)28-15-22(27)25-24-14-20-5-4-10-26(20)19-8-6-18(23)7-9-19/h4-14H,3,15H2,1-2H3,(H,25,27)/b24-14+. The third kappa shape index (κ3) is 5.33. The van der Waals surface area contributed by atoms with Crippen molar-refractivity contribution in [3.63, 3.8) is 0 Å². The van der Waals surface area contributed by atoms with E-state index in [0.717, 1.165) is 27.8 Å². The van der Waals surface area contributed by atoms with Gasteiger partial charge in [0.05, 0.1) is 11.9 Å². The molecular formula is C22H22BrN3O2. The molecule has 0 aliphatic carbocycles. The average molecular weight is 440 g/mol. The predicted octanol–water partition coefficient (Wildman–Crippen LogP) is 4.64. The van der Waals surface area contributed by atoms with Gasteiger partial charge >= 0.3 is 0 Å². The van der Waals surface area contributed by atoms with E-state index in [9.17, 15) is 4.79 Å². The zero-order valence-corrected chi connectivity index (χ0v) is 17.4. The number of halogens is 1. The van der Waals surface area contributed by atoms with E-state index < -0.39 is 0 Å². The van der Waals surface area contributed by atoms with E-state index in [1.54, 1.807) is 6.21 Å². The molecule has 144 valence electrons.